The molecule has 1 aliphatic rings. The van der Waals surface area contributed by atoms with Crippen LogP contribution in [0.4, 0.5) is 0 Å². The van der Waals surface area contributed by atoms with Crippen molar-refractivity contribution >= 4 is 0 Å². The van der Waals surface area contributed by atoms with Crippen LogP contribution in [0, 0.1) is 12.8 Å². The van der Waals surface area contributed by atoms with Crippen molar-refractivity contribution in [3.63, 3.8) is 0 Å². The Balaban J connectivity index is 1.55. The standard InChI is InChI=1S/C14H20N4O/c1-12-7-14(19-16-12)10-17-5-2-3-13(8-17)9-18-6-4-15-11-18/h4,6-7,11,13H,2-3,5,8-10H2,1H3/t13-/m1/s1. The van der Waals surface area contributed by atoms with Crippen LogP contribution in [-0.2, 0) is 13.1 Å². The first-order valence-electron chi connectivity index (χ1n) is 6.90. The Hall–Kier alpha value is -1.62. The molecule has 1 atom stereocenters. The third-order valence-electron chi connectivity index (χ3n) is 3.69. The highest BCUT2D eigenvalue weighted by atomic mass is 16.5. The summed E-state index contributed by atoms with van der Waals surface area (Å²) in [5.74, 6) is 1.67. The van der Waals surface area contributed by atoms with Gasteiger partial charge < -0.3 is 9.09 Å². The monoisotopic (exact) mass is 260 g/mol. The summed E-state index contributed by atoms with van der Waals surface area (Å²) in [5.41, 5.74) is 0.960. The first kappa shape index (κ1) is 12.4. The summed E-state index contributed by atoms with van der Waals surface area (Å²) in [6.45, 7) is 6.18. The molecule has 5 nitrogen and oxygen atoms in total. The van der Waals surface area contributed by atoms with E-state index in [9.17, 15) is 0 Å². The van der Waals surface area contributed by atoms with E-state index in [2.05, 4.69) is 19.6 Å². The molecular formula is C14H20N4O. The van der Waals surface area contributed by atoms with E-state index < -0.39 is 0 Å². The van der Waals surface area contributed by atoms with Crippen LogP contribution < -0.4 is 0 Å². The average Bonchev–Trinajstić information content (AvgIpc) is 3.02. The number of imidazole rings is 1. The maximum absolute atomic E-state index is 5.30. The summed E-state index contributed by atoms with van der Waals surface area (Å²) in [5, 5.41) is 3.95. The molecule has 0 unspecified atom stereocenters. The Labute approximate surface area is 113 Å². The smallest absolute Gasteiger partial charge is 0.150 e. The Bertz CT molecular complexity index is 505. The molecule has 1 saturated heterocycles. The Morgan fingerprint density at radius 3 is 3.16 bits per heavy atom. The van der Waals surface area contributed by atoms with Gasteiger partial charge in [-0.05, 0) is 32.2 Å². The van der Waals surface area contributed by atoms with Crippen molar-refractivity contribution in [1.29, 1.82) is 0 Å². The number of nitrogens with zero attached hydrogens (tertiary/aromatic N) is 4. The van der Waals surface area contributed by atoms with E-state index in [4.69, 9.17) is 4.52 Å². The molecule has 2 aromatic rings. The van der Waals surface area contributed by atoms with Crippen molar-refractivity contribution in [3.8, 4) is 0 Å². The molecule has 2 aromatic heterocycles. The molecular weight excluding hydrogens is 240 g/mol. The van der Waals surface area contributed by atoms with Gasteiger partial charge >= 0.3 is 0 Å². The Morgan fingerprint density at radius 2 is 2.42 bits per heavy atom. The largest absolute Gasteiger partial charge is 0.360 e. The van der Waals surface area contributed by atoms with E-state index in [0.29, 0.717) is 5.92 Å². The second kappa shape index (κ2) is 5.57. The number of likely N-dealkylation sites (tertiary alicyclic amines) is 1. The minimum atomic E-state index is 0.701. The van der Waals surface area contributed by atoms with Crippen LogP contribution in [0.2, 0.25) is 0 Å². The van der Waals surface area contributed by atoms with Crippen molar-refractivity contribution < 1.29 is 4.52 Å². The summed E-state index contributed by atoms with van der Waals surface area (Å²) in [6, 6.07) is 2.03. The van der Waals surface area contributed by atoms with Crippen molar-refractivity contribution in [1.82, 2.24) is 19.6 Å². The summed E-state index contributed by atoms with van der Waals surface area (Å²) >= 11 is 0. The zero-order valence-electron chi connectivity index (χ0n) is 11.3. The van der Waals surface area contributed by atoms with E-state index in [1.54, 1.807) is 0 Å². The van der Waals surface area contributed by atoms with Gasteiger partial charge in [-0.3, -0.25) is 4.90 Å². The molecule has 0 amide bonds. The van der Waals surface area contributed by atoms with Crippen molar-refractivity contribution in [2.24, 2.45) is 5.92 Å². The zero-order chi connectivity index (χ0) is 13.1. The SMILES string of the molecule is Cc1cc(CN2CCC[C@@H](Cn3ccnc3)C2)on1. The zero-order valence-corrected chi connectivity index (χ0v) is 11.3. The molecule has 0 aliphatic carbocycles. The topological polar surface area (TPSA) is 47.1 Å². The van der Waals surface area contributed by atoms with Gasteiger partial charge in [-0.25, -0.2) is 4.98 Å². The molecule has 19 heavy (non-hydrogen) atoms. The normalized spacial score (nSPS) is 20.8. The van der Waals surface area contributed by atoms with Crippen molar-refractivity contribution in [2.45, 2.75) is 32.9 Å². The number of aromatic nitrogens is 3. The fraction of sp³-hybridized carbons (Fsp3) is 0.571. The molecule has 3 heterocycles. The third kappa shape index (κ3) is 3.23. The summed E-state index contributed by atoms with van der Waals surface area (Å²) in [6.07, 6.45) is 8.34. The molecule has 0 spiro atoms. The summed E-state index contributed by atoms with van der Waals surface area (Å²) < 4.78 is 7.47. The molecule has 0 radical (unpaired) electrons. The number of hydrogen-bond acceptors (Lipinski definition) is 4. The summed E-state index contributed by atoms with van der Waals surface area (Å²) in [7, 11) is 0. The predicted molar refractivity (Wildman–Crippen MR) is 71.5 cm³/mol. The van der Waals surface area contributed by atoms with Gasteiger partial charge in [0, 0.05) is 31.5 Å². The van der Waals surface area contributed by atoms with Gasteiger partial charge in [-0.15, -0.1) is 0 Å². The summed E-state index contributed by atoms with van der Waals surface area (Å²) in [4.78, 5) is 6.57. The second-order valence-electron chi connectivity index (χ2n) is 5.44. The van der Waals surface area contributed by atoms with E-state index in [0.717, 1.165) is 37.6 Å². The molecule has 102 valence electrons. The van der Waals surface area contributed by atoms with Gasteiger partial charge in [-0.1, -0.05) is 5.16 Å². The fourth-order valence-electron chi connectivity index (χ4n) is 2.85. The van der Waals surface area contributed by atoms with Gasteiger partial charge in [0.05, 0.1) is 18.6 Å². The van der Waals surface area contributed by atoms with Gasteiger partial charge in [0.2, 0.25) is 0 Å². The average molecular weight is 260 g/mol. The number of aryl methyl sites for hydroxylation is 1. The van der Waals surface area contributed by atoms with Crippen LogP contribution >= 0.6 is 0 Å². The highest BCUT2D eigenvalue weighted by molar-refractivity contribution is 5.03. The van der Waals surface area contributed by atoms with Crippen molar-refractivity contribution in [2.75, 3.05) is 13.1 Å². The quantitative estimate of drug-likeness (QED) is 0.844. The lowest BCUT2D eigenvalue weighted by Crippen LogP contribution is -2.36. The Morgan fingerprint density at radius 1 is 1.47 bits per heavy atom. The van der Waals surface area contributed by atoms with E-state index in [1.165, 1.54) is 12.8 Å². The van der Waals surface area contributed by atoms with Crippen LogP contribution in [0.25, 0.3) is 0 Å². The molecule has 0 aromatic carbocycles. The molecule has 0 saturated carbocycles. The molecule has 0 N–H and O–H groups in total. The van der Waals surface area contributed by atoms with Crippen molar-refractivity contribution in [3.05, 3.63) is 36.2 Å². The maximum Gasteiger partial charge on any atom is 0.150 e. The minimum absolute atomic E-state index is 0.701. The van der Waals surface area contributed by atoms with Crippen LogP contribution in [0.3, 0.4) is 0 Å². The predicted octanol–water partition coefficient (Wildman–Crippen LogP) is 2.09. The number of piperidine rings is 1. The van der Waals surface area contributed by atoms with Gasteiger partial charge in [0.1, 0.15) is 0 Å². The first-order valence-corrected chi connectivity index (χ1v) is 6.90. The lowest BCUT2D eigenvalue weighted by atomic mass is 9.98. The van der Waals surface area contributed by atoms with Crippen LogP contribution in [0.15, 0.2) is 29.3 Å². The number of hydrogen-bond donors (Lipinski definition) is 0. The van der Waals surface area contributed by atoms with Crippen LogP contribution in [0.1, 0.15) is 24.3 Å². The van der Waals surface area contributed by atoms with E-state index >= 15 is 0 Å². The lowest BCUT2D eigenvalue weighted by Gasteiger charge is -2.32. The fourth-order valence-corrected chi connectivity index (χ4v) is 2.85. The molecule has 1 fully saturated rings. The molecule has 1 aliphatic heterocycles. The Kier molecular flexibility index (Phi) is 3.64. The highest BCUT2D eigenvalue weighted by Gasteiger charge is 2.21. The third-order valence-corrected chi connectivity index (χ3v) is 3.69. The van der Waals surface area contributed by atoms with Gasteiger partial charge in [0.25, 0.3) is 0 Å². The number of rotatable bonds is 4. The van der Waals surface area contributed by atoms with E-state index in [-0.39, 0.29) is 0 Å². The highest BCUT2D eigenvalue weighted by Crippen LogP contribution is 2.20. The first-order chi connectivity index (χ1) is 9.29. The van der Waals surface area contributed by atoms with Gasteiger partial charge in [-0.2, -0.15) is 0 Å². The molecule has 3 rings (SSSR count). The molecule has 0 bridgehead atoms. The molecule has 5 heteroatoms. The van der Waals surface area contributed by atoms with Gasteiger partial charge in [0.15, 0.2) is 5.76 Å². The van der Waals surface area contributed by atoms with Crippen LogP contribution in [0.5, 0.6) is 0 Å². The van der Waals surface area contributed by atoms with E-state index in [1.807, 2.05) is 31.7 Å². The lowest BCUT2D eigenvalue weighted by molar-refractivity contribution is 0.143. The minimum Gasteiger partial charge on any atom is -0.360 e. The second-order valence-corrected chi connectivity index (χ2v) is 5.44. The maximum atomic E-state index is 5.30. The van der Waals surface area contributed by atoms with Crippen LogP contribution in [-0.4, -0.2) is 32.7 Å².